The molecule has 0 saturated heterocycles. The first-order chi connectivity index (χ1) is 16.1. The Balaban J connectivity index is 3.22. The molecule has 0 bridgehead atoms. The van der Waals surface area contributed by atoms with Crippen LogP contribution in [0.1, 0.15) is 93.4 Å². The van der Waals surface area contributed by atoms with Crippen molar-refractivity contribution < 1.29 is 19.1 Å². The van der Waals surface area contributed by atoms with Crippen LogP contribution in [-0.4, -0.2) is 60.5 Å². The molecule has 7 nitrogen and oxygen atoms in total. The SMILES string of the molecule is CCCNC(CC)(CC)C(=O)NC(C(=O)N(C)[C@H](/C=C(\C)C(=O)OCC)C(C)C)C1CCCC1. The third-order valence-electron chi connectivity index (χ3n) is 7.28. The standard InChI is InChI=1S/C27H49N3O4/c1-9-17-28-27(10-2,11-3)26(33)29-23(21-15-13-14-16-21)24(31)30(8)22(19(5)6)18-20(7)25(32)34-12-4/h18-19,21-23,28H,9-17H2,1-8H3,(H,29,33)/b20-18+/t22-,23?/m1/s1. The second kappa shape index (κ2) is 14.5. The highest BCUT2D eigenvalue weighted by atomic mass is 16.5. The predicted octanol–water partition coefficient (Wildman–Crippen LogP) is 4.21. The Hall–Kier alpha value is -1.89. The van der Waals surface area contributed by atoms with Crippen LogP contribution < -0.4 is 10.6 Å². The van der Waals surface area contributed by atoms with E-state index in [1.54, 1.807) is 25.8 Å². The summed E-state index contributed by atoms with van der Waals surface area (Å²) in [5.41, 5.74) is -0.190. The van der Waals surface area contributed by atoms with Crippen molar-refractivity contribution in [1.29, 1.82) is 0 Å². The van der Waals surface area contributed by atoms with Crippen molar-refractivity contribution in [3.63, 3.8) is 0 Å². The summed E-state index contributed by atoms with van der Waals surface area (Å²) in [5.74, 6) is -0.339. The highest BCUT2D eigenvalue weighted by molar-refractivity contribution is 5.92. The van der Waals surface area contributed by atoms with Gasteiger partial charge in [0.1, 0.15) is 6.04 Å². The second-order valence-corrected chi connectivity index (χ2v) is 9.97. The number of hydrogen-bond acceptors (Lipinski definition) is 5. The van der Waals surface area contributed by atoms with Crippen LogP contribution in [0.4, 0.5) is 0 Å². The maximum absolute atomic E-state index is 13.9. The van der Waals surface area contributed by atoms with Crippen molar-refractivity contribution >= 4 is 17.8 Å². The van der Waals surface area contributed by atoms with Crippen LogP contribution in [0.25, 0.3) is 0 Å². The molecule has 2 N–H and O–H groups in total. The Kier molecular flexibility index (Phi) is 12.9. The van der Waals surface area contributed by atoms with E-state index in [9.17, 15) is 14.4 Å². The third kappa shape index (κ3) is 7.82. The fraction of sp³-hybridized carbons (Fsp3) is 0.815. The zero-order chi connectivity index (χ0) is 25.9. The van der Waals surface area contributed by atoms with Crippen LogP contribution in [0.3, 0.4) is 0 Å². The van der Waals surface area contributed by atoms with Gasteiger partial charge in [0.2, 0.25) is 11.8 Å². The number of carbonyl (C=O) groups is 3. The van der Waals surface area contributed by atoms with Crippen molar-refractivity contribution in [2.45, 2.75) is 111 Å². The average molecular weight is 480 g/mol. The summed E-state index contributed by atoms with van der Waals surface area (Å²) in [4.78, 5) is 41.3. The van der Waals surface area contributed by atoms with E-state index >= 15 is 0 Å². The summed E-state index contributed by atoms with van der Waals surface area (Å²) in [6, 6.07) is -0.850. The molecule has 1 rings (SSSR count). The number of rotatable bonds is 14. The molecule has 0 aromatic carbocycles. The fourth-order valence-corrected chi connectivity index (χ4v) is 4.90. The van der Waals surface area contributed by atoms with E-state index in [1.165, 1.54) is 0 Å². The number of nitrogens with zero attached hydrogens (tertiary/aromatic N) is 1. The molecular formula is C27H49N3O4. The van der Waals surface area contributed by atoms with Crippen molar-refractivity contribution in [2.75, 3.05) is 20.2 Å². The molecule has 34 heavy (non-hydrogen) atoms. The monoisotopic (exact) mass is 479 g/mol. The molecule has 1 aliphatic rings. The van der Waals surface area contributed by atoms with Gasteiger partial charge in [0.25, 0.3) is 0 Å². The van der Waals surface area contributed by atoms with E-state index < -0.39 is 11.6 Å². The highest BCUT2D eigenvalue weighted by Gasteiger charge is 2.41. The molecule has 7 heteroatoms. The summed E-state index contributed by atoms with van der Waals surface area (Å²) < 4.78 is 5.13. The van der Waals surface area contributed by atoms with Crippen LogP contribution in [0.2, 0.25) is 0 Å². The van der Waals surface area contributed by atoms with Crippen LogP contribution in [0, 0.1) is 11.8 Å². The maximum Gasteiger partial charge on any atom is 0.333 e. The van der Waals surface area contributed by atoms with Gasteiger partial charge in [-0.05, 0) is 64.3 Å². The molecule has 0 aliphatic heterocycles. The first kappa shape index (κ1) is 30.1. The summed E-state index contributed by atoms with van der Waals surface area (Å²) in [5, 5.41) is 6.62. The Morgan fingerprint density at radius 3 is 2.15 bits per heavy atom. The minimum Gasteiger partial charge on any atom is -0.463 e. The number of hydrogen-bond donors (Lipinski definition) is 2. The minimum atomic E-state index is -0.677. The molecule has 1 unspecified atom stereocenters. The lowest BCUT2D eigenvalue weighted by molar-refractivity contribution is -0.140. The quantitative estimate of drug-likeness (QED) is 0.288. The van der Waals surface area contributed by atoms with Crippen molar-refractivity contribution in [1.82, 2.24) is 15.5 Å². The van der Waals surface area contributed by atoms with Gasteiger partial charge < -0.3 is 20.3 Å². The number of ether oxygens (including phenoxy) is 1. The molecule has 1 fully saturated rings. The van der Waals surface area contributed by atoms with Gasteiger partial charge in [-0.25, -0.2) is 4.79 Å². The highest BCUT2D eigenvalue weighted by Crippen LogP contribution is 2.30. The van der Waals surface area contributed by atoms with Gasteiger partial charge >= 0.3 is 5.97 Å². The molecule has 2 atom stereocenters. The van der Waals surface area contributed by atoms with E-state index in [-0.39, 0.29) is 35.7 Å². The Morgan fingerprint density at radius 2 is 1.68 bits per heavy atom. The largest absolute Gasteiger partial charge is 0.463 e. The first-order valence-corrected chi connectivity index (χ1v) is 13.3. The van der Waals surface area contributed by atoms with Gasteiger partial charge in [-0.2, -0.15) is 0 Å². The van der Waals surface area contributed by atoms with Crippen LogP contribution in [0.15, 0.2) is 11.6 Å². The smallest absolute Gasteiger partial charge is 0.333 e. The second-order valence-electron chi connectivity index (χ2n) is 9.97. The molecular weight excluding hydrogens is 430 g/mol. The fourth-order valence-electron chi connectivity index (χ4n) is 4.90. The molecule has 1 saturated carbocycles. The van der Waals surface area contributed by atoms with E-state index in [0.29, 0.717) is 25.0 Å². The number of likely N-dealkylation sites (N-methyl/N-ethyl adjacent to an activating group) is 1. The summed E-state index contributed by atoms with van der Waals surface area (Å²) in [6.07, 6.45) is 8.09. The molecule has 0 aromatic rings. The molecule has 2 amide bonds. The normalized spacial score (nSPS) is 16.9. The van der Waals surface area contributed by atoms with Crippen molar-refractivity contribution in [3.8, 4) is 0 Å². The molecule has 0 heterocycles. The van der Waals surface area contributed by atoms with Gasteiger partial charge in [-0.1, -0.05) is 53.5 Å². The molecule has 0 spiro atoms. The lowest BCUT2D eigenvalue weighted by Crippen LogP contribution is -2.62. The van der Waals surface area contributed by atoms with Crippen LogP contribution >= 0.6 is 0 Å². The number of nitrogens with one attached hydrogen (secondary N) is 2. The van der Waals surface area contributed by atoms with E-state index in [0.717, 1.165) is 38.6 Å². The number of esters is 1. The van der Waals surface area contributed by atoms with Gasteiger partial charge in [-0.3, -0.25) is 9.59 Å². The topological polar surface area (TPSA) is 87.7 Å². The molecule has 0 aromatic heterocycles. The summed E-state index contributed by atoms with van der Waals surface area (Å²) in [6.45, 7) is 14.7. The maximum atomic E-state index is 13.9. The number of amides is 2. The van der Waals surface area contributed by atoms with Crippen LogP contribution in [-0.2, 0) is 19.1 Å². The van der Waals surface area contributed by atoms with E-state index in [4.69, 9.17) is 4.74 Å². The molecule has 1 aliphatic carbocycles. The van der Waals surface area contributed by atoms with Gasteiger partial charge in [-0.15, -0.1) is 0 Å². The third-order valence-corrected chi connectivity index (χ3v) is 7.28. The zero-order valence-electron chi connectivity index (χ0n) is 22.8. The lowest BCUT2D eigenvalue weighted by atomic mass is 9.89. The van der Waals surface area contributed by atoms with Gasteiger partial charge in [0.15, 0.2) is 0 Å². The summed E-state index contributed by atoms with van der Waals surface area (Å²) in [7, 11) is 1.78. The Bertz CT molecular complexity index is 694. The Labute approximate surface area is 207 Å². The lowest BCUT2D eigenvalue weighted by Gasteiger charge is -2.37. The van der Waals surface area contributed by atoms with Crippen molar-refractivity contribution in [3.05, 3.63) is 11.6 Å². The van der Waals surface area contributed by atoms with Crippen molar-refractivity contribution in [2.24, 2.45) is 11.8 Å². The van der Waals surface area contributed by atoms with Gasteiger partial charge in [0, 0.05) is 12.6 Å². The number of carbonyl (C=O) groups excluding carboxylic acids is 3. The first-order valence-electron chi connectivity index (χ1n) is 13.3. The van der Waals surface area contributed by atoms with Crippen LogP contribution in [0.5, 0.6) is 0 Å². The molecule has 0 radical (unpaired) electrons. The average Bonchev–Trinajstić information content (AvgIpc) is 3.35. The van der Waals surface area contributed by atoms with Gasteiger partial charge in [0.05, 0.1) is 18.2 Å². The predicted molar refractivity (Wildman–Crippen MR) is 137 cm³/mol. The minimum absolute atomic E-state index is 0.0925. The van der Waals surface area contributed by atoms with E-state index in [1.807, 2.05) is 33.8 Å². The Morgan fingerprint density at radius 1 is 1.09 bits per heavy atom. The van der Waals surface area contributed by atoms with E-state index in [2.05, 4.69) is 17.6 Å². The summed E-state index contributed by atoms with van der Waals surface area (Å²) >= 11 is 0. The zero-order valence-corrected chi connectivity index (χ0v) is 22.8. The molecule has 196 valence electrons.